The maximum Gasteiger partial charge on any atom is 0.243 e. The van der Waals surface area contributed by atoms with Crippen molar-refractivity contribution in [1.82, 2.24) is 10.2 Å². The lowest BCUT2D eigenvalue weighted by Gasteiger charge is -2.48. The van der Waals surface area contributed by atoms with E-state index < -0.39 is 24.2 Å². The van der Waals surface area contributed by atoms with Crippen LogP contribution in [0, 0.1) is 29.6 Å². The third-order valence-electron chi connectivity index (χ3n) is 9.15. The fourth-order valence-electron chi connectivity index (χ4n) is 7.03. The van der Waals surface area contributed by atoms with Gasteiger partial charge in [0.1, 0.15) is 0 Å². The maximum absolute atomic E-state index is 13.8. The van der Waals surface area contributed by atoms with Crippen molar-refractivity contribution in [1.29, 1.82) is 0 Å². The highest BCUT2D eigenvalue weighted by Crippen LogP contribution is 2.39. The Labute approximate surface area is 204 Å². The number of likely N-dealkylation sites (tertiary alicyclic amines) is 1. The summed E-state index contributed by atoms with van der Waals surface area (Å²) in [7, 11) is 0. The topological polar surface area (TPSA) is 99.1 Å². The average molecular weight is 477 g/mol. The van der Waals surface area contributed by atoms with Crippen molar-refractivity contribution in [3.63, 3.8) is 0 Å². The number of nitrogens with zero attached hydrogens (tertiary/aromatic N) is 1. The SMILES string of the molecule is C=CC(=O)NC1CCCC2CCN(C(=O)C3C(O)CC(O)C(C)C3OCC3CCCCC3)CC21. The number of fused-ring (bicyclic) bond motifs is 1. The van der Waals surface area contributed by atoms with Gasteiger partial charge < -0.3 is 25.2 Å². The molecule has 4 aliphatic rings. The fourth-order valence-corrected chi connectivity index (χ4v) is 7.03. The second-order valence-electron chi connectivity index (χ2n) is 11.3. The number of nitrogens with one attached hydrogen (secondary N) is 1. The number of rotatable bonds is 6. The molecule has 0 radical (unpaired) electrons. The molecule has 7 heteroatoms. The fraction of sp³-hybridized carbons (Fsp3) is 0.852. The molecule has 1 aliphatic heterocycles. The summed E-state index contributed by atoms with van der Waals surface area (Å²) in [6.07, 6.45) is 9.56. The summed E-state index contributed by atoms with van der Waals surface area (Å²) in [4.78, 5) is 27.7. The molecule has 3 saturated carbocycles. The van der Waals surface area contributed by atoms with Crippen molar-refractivity contribution >= 4 is 11.8 Å². The number of ether oxygens (including phenoxy) is 1. The Bertz CT molecular complexity index is 724. The Morgan fingerprint density at radius 2 is 1.82 bits per heavy atom. The third-order valence-corrected chi connectivity index (χ3v) is 9.15. The normalized spacial score (nSPS) is 39.2. The molecule has 3 aliphatic carbocycles. The quantitative estimate of drug-likeness (QED) is 0.512. The van der Waals surface area contributed by atoms with Gasteiger partial charge in [0, 0.05) is 38.1 Å². The first kappa shape index (κ1) is 25.6. The molecule has 0 bridgehead atoms. The van der Waals surface area contributed by atoms with Crippen molar-refractivity contribution in [2.24, 2.45) is 29.6 Å². The number of hydrogen-bond acceptors (Lipinski definition) is 5. The lowest BCUT2D eigenvalue weighted by Crippen LogP contribution is -2.59. The molecule has 7 nitrogen and oxygen atoms in total. The van der Waals surface area contributed by atoms with E-state index in [9.17, 15) is 19.8 Å². The van der Waals surface area contributed by atoms with Gasteiger partial charge in [0.25, 0.3) is 0 Å². The van der Waals surface area contributed by atoms with Gasteiger partial charge in [0.15, 0.2) is 0 Å². The molecule has 34 heavy (non-hydrogen) atoms. The van der Waals surface area contributed by atoms with Crippen LogP contribution in [0.5, 0.6) is 0 Å². The number of amides is 2. The molecular weight excluding hydrogens is 432 g/mol. The smallest absolute Gasteiger partial charge is 0.243 e. The van der Waals surface area contributed by atoms with Crippen molar-refractivity contribution in [3.05, 3.63) is 12.7 Å². The molecule has 0 aromatic carbocycles. The molecule has 4 rings (SSSR count). The second-order valence-corrected chi connectivity index (χ2v) is 11.3. The minimum absolute atomic E-state index is 0.0511. The van der Waals surface area contributed by atoms with Crippen molar-refractivity contribution in [3.8, 4) is 0 Å². The van der Waals surface area contributed by atoms with Crippen LogP contribution in [0.4, 0.5) is 0 Å². The predicted molar refractivity (Wildman–Crippen MR) is 130 cm³/mol. The first-order valence-corrected chi connectivity index (χ1v) is 13.6. The van der Waals surface area contributed by atoms with Crippen LogP contribution in [0.3, 0.4) is 0 Å². The average Bonchev–Trinajstić information content (AvgIpc) is 2.85. The summed E-state index contributed by atoms with van der Waals surface area (Å²) >= 11 is 0. The van der Waals surface area contributed by atoms with Crippen LogP contribution in [0.25, 0.3) is 0 Å². The molecule has 0 spiro atoms. The lowest BCUT2D eigenvalue weighted by molar-refractivity contribution is -0.172. The van der Waals surface area contributed by atoms with E-state index in [0.717, 1.165) is 38.5 Å². The van der Waals surface area contributed by atoms with Crippen molar-refractivity contribution in [2.75, 3.05) is 19.7 Å². The predicted octanol–water partition coefficient (Wildman–Crippen LogP) is 2.65. The molecule has 4 fully saturated rings. The Balaban J connectivity index is 1.45. The molecule has 0 aromatic heterocycles. The Hall–Kier alpha value is -1.44. The molecule has 1 saturated heterocycles. The zero-order valence-electron chi connectivity index (χ0n) is 20.7. The van der Waals surface area contributed by atoms with E-state index in [2.05, 4.69) is 11.9 Å². The highest BCUT2D eigenvalue weighted by molar-refractivity contribution is 5.87. The number of carbonyl (C=O) groups excluding carboxylic acids is 2. The molecule has 3 N–H and O–H groups in total. The summed E-state index contributed by atoms with van der Waals surface area (Å²) in [5, 5.41) is 24.6. The van der Waals surface area contributed by atoms with Gasteiger partial charge in [-0.3, -0.25) is 9.59 Å². The molecular formula is C27H44N2O5. The van der Waals surface area contributed by atoms with E-state index in [4.69, 9.17) is 4.74 Å². The molecule has 0 aromatic rings. The van der Waals surface area contributed by atoms with E-state index in [1.807, 2.05) is 11.8 Å². The molecule has 8 atom stereocenters. The number of piperidine rings is 1. The largest absolute Gasteiger partial charge is 0.393 e. The van der Waals surface area contributed by atoms with Crippen LogP contribution in [-0.4, -0.2) is 71.0 Å². The highest BCUT2D eigenvalue weighted by atomic mass is 16.5. The summed E-state index contributed by atoms with van der Waals surface area (Å²) < 4.78 is 6.36. The first-order valence-electron chi connectivity index (χ1n) is 13.6. The van der Waals surface area contributed by atoms with Crippen LogP contribution in [0.2, 0.25) is 0 Å². The van der Waals surface area contributed by atoms with Gasteiger partial charge in [-0.1, -0.05) is 39.2 Å². The van der Waals surface area contributed by atoms with Crippen LogP contribution < -0.4 is 5.32 Å². The van der Waals surface area contributed by atoms with Crippen LogP contribution in [-0.2, 0) is 14.3 Å². The third kappa shape index (κ3) is 5.68. The zero-order chi connectivity index (χ0) is 24.2. The minimum Gasteiger partial charge on any atom is -0.393 e. The zero-order valence-corrected chi connectivity index (χ0v) is 20.7. The van der Waals surface area contributed by atoms with Crippen LogP contribution >= 0.6 is 0 Å². The highest BCUT2D eigenvalue weighted by Gasteiger charge is 2.49. The Morgan fingerprint density at radius 1 is 1.06 bits per heavy atom. The Kier molecular flexibility index (Phi) is 8.70. The van der Waals surface area contributed by atoms with Gasteiger partial charge in [-0.05, 0) is 55.9 Å². The number of aliphatic hydroxyl groups is 2. The van der Waals surface area contributed by atoms with Gasteiger partial charge in [0.05, 0.1) is 24.2 Å². The van der Waals surface area contributed by atoms with Crippen molar-refractivity contribution in [2.45, 2.75) is 95.5 Å². The van der Waals surface area contributed by atoms with E-state index in [1.54, 1.807) is 0 Å². The van der Waals surface area contributed by atoms with E-state index in [0.29, 0.717) is 31.5 Å². The Morgan fingerprint density at radius 3 is 2.56 bits per heavy atom. The molecule has 192 valence electrons. The lowest BCUT2D eigenvalue weighted by atomic mass is 9.71. The van der Waals surface area contributed by atoms with E-state index in [1.165, 1.54) is 25.3 Å². The summed E-state index contributed by atoms with van der Waals surface area (Å²) in [5.74, 6) is 0.161. The van der Waals surface area contributed by atoms with Gasteiger partial charge in [0.2, 0.25) is 11.8 Å². The van der Waals surface area contributed by atoms with Gasteiger partial charge in [-0.25, -0.2) is 0 Å². The van der Waals surface area contributed by atoms with Gasteiger partial charge >= 0.3 is 0 Å². The van der Waals surface area contributed by atoms with Gasteiger partial charge in [-0.15, -0.1) is 0 Å². The number of hydrogen-bond donors (Lipinski definition) is 3. The molecule has 1 heterocycles. The monoisotopic (exact) mass is 476 g/mol. The first-order chi connectivity index (χ1) is 16.4. The van der Waals surface area contributed by atoms with Crippen LogP contribution in [0.1, 0.15) is 71.1 Å². The maximum atomic E-state index is 13.8. The number of aliphatic hydroxyl groups excluding tert-OH is 2. The summed E-state index contributed by atoms with van der Waals surface area (Å²) in [6.45, 7) is 7.39. The van der Waals surface area contributed by atoms with Crippen molar-refractivity contribution < 1.29 is 24.5 Å². The molecule has 2 amide bonds. The summed E-state index contributed by atoms with van der Waals surface area (Å²) in [5.41, 5.74) is 0. The number of carbonyl (C=O) groups is 2. The minimum atomic E-state index is -0.907. The van der Waals surface area contributed by atoms with Crippen LogP contribution in [0.15, 0.2) is 12.7 Å². The summed E-state index contributed by atoms with van der Waals surface area (Å²) in [6, 6.07) is 0.0511. The van der Waals surface area contributed by atoms with E-state index >= 15 is 0 Å². The standard InChI is InChI=1S/C27H44N2O5/c1-3-24(32)28-21-11-7-10-19-12-13-29(15-20(19)21)27(33)25-23(31)14-22(30)17(2)26(25)34-16-18-8-5-4-6-9-18/h3,17-23,25-26,30-31H,1,4-16H2,2H3,(H,28,32). The van der Waals surface area contributed by atoms with Gasteiger partial charge in [-0.2, -0.15) is 0 Å². The molecule has 8 unspecified atom stereocenters. The van der Waals surface area contributed by atoms with E-state index in [-0.39, 0.29) is 36.1 Å². The second kappa shape index (κ2) is 11.5.